The van der Waals surface area contributed by atoms with Crippen molar-refractivity contribution < 1.29 is 4.74 Å². The summed E-state index contributed by atoms with van der Waals surface area (Å²) in [6.07, 6.45) is 0. The van der Waals surface area contributed by atoms with Crippen LogP contribution in [0.15, 0.2) is 33.7 Å². The van der Waals surface area contributed by atoms with Crippen molar-refractivity contribution in [2.75, 3.05) is 24.7 Å². The Morgan fingerprint density at radius 1 is 1.35 bits per heavy atom. The molecule has 17 heavy (non-hydrogen) atoms. The van der Waals surface area contributed by atoms with Gasteiger partial charge in [0.25, 0.3) is 0 Å². The van der Waals surface area contributed by atoms with E-state index in [2.05, 4.69) is 20.9 Å². The van der Waals surface area contributed by atoms with E-state index in [4.69, 9.17) is 16.2 Å². The van der Waals surface area contributed by atoms with Crippen molar-refractivity contribution in [2.24, 2.45) is 16.5 Å². The minimum absolute atomic E-state index is 0.149. The van der Waals surface area contributed by atoms with Crippen molar-refractivity contribution >= 4 is 33.7 Å². The van der Waals surface area contributed by atoms with E-state index in [9.17, 15) is 0 Å². The van der Waals surface area contributed by atoms with E-state index in [0.29, 0.717) is 13.2 Å². The Hall–Kier alpha value is -0.880. The number of guanidine groups is 1. The third-order valence-electron chi connectivity index (χ3n) is 1.82. The van der Waals surface area contributed by atoms with Gasteiger partial charge in [-0.3, -0.25) is 4.99 Å². The molecule has 0 fully saturated rings. The third kappa shape index (κ3) is 7.12. The van der Waals surface area contributed by atoms with E-state index in [-0.39, 0.29) is 5.96 Å². The van der Waals surface area contributed by atoms with Crippen LogP contribution in [0.25, 0.3) is 0 Å². The molecule has 0 heterocycles. The molecule has 0 atom stereocenters. The van der Waals surface area contributed by atoms with E-state index in [1.165, 1.54) is 0 Å². The molecular formula is C11H16BrN3OS. The molecule has 0 saturated heterocycles. The van der Waals surface area contributed by atoms with Crippen molar-refractivity contribution in [1.29, 1.82) is 0 Å². The predicted molar refractivity (Wildman–Crippen MR) is 77.6 cm³/mol. The first-order chi connectivity index (χ1) is 8.18. The summed E-state index contributed by atoms with van der Waals surface area (Å²) in [4.78, 5) is 3.90. The fraction of sp³-hybridized carbons (Fsp3) is 0.364. The smallest absolute Gasteiger partial charge is 0.185 e. The van der Waals surface area contributed by atoms with Crippen LogP contribution in [-0.4, -0.2) is 30.6 Å². The van der Waals surface area contributed by atoms with Crippen LogP contribution in [0.5, 0.6) is 5.75 Å². The maximum Gasteiger partial charge on any atom is 0.185 e. The highest BCUT2D eigenvalue weighted by atomic mass is 79.9. The Labute approximate surface area is 114 Å². The molecule has 4 nitrogen and oxygen atoms in total. The van der Waals surface area contributed by atoms with Crippen molar-refractivity contribution in [3.05, 3.63) is 28.7 Å². The van der Waals surface area contributed by atoms with Crippen LogP contribution < -0.4 is 16.2 Å². The molecule has 0 saturated carbocycles. The van der Waals surface area contributed by atoms with Crippen LogP contribution in [0, 0.1) is 0 Å². The number of aliphatic imine (C=N–C) groups is 1. The zero-order chi connectivity index (χ0) is 12.5. The van der Waals surface area contributed by atoms with Crippen LogP contribution in [-0.2, 0) is 0 Å². The van der Waals surface area contributed by atoms with E-state index in [0.717, 1.165) is 21.7 Å². The molecule has 0 bridgehead atoms. The second-order valence-electron chi connectivity index (χ2n) is 3.22. The molecule has 0 aliphatic rings. The van der Waals surface area contributed by atoms with Gasteiger partial charge >= 0.3 is 0 Å². The summed E-state index contributed by atoms with van der Waals surface area (Å²) in [7, 11) is 0. The van der Waals surface area contributed by atoms with Crippen molar-refractivity contribution in [3.8, 4) is 5.75 Å². The van der Waals surface area contributed by atoms with Gasteiger partial charge in [0, 0.05) is 16.0 Å². The molecule has 0 radical (unpaired) electrons. The summed E-state index contributed by atoms with van der Waals surface area (Å²) in [6.45, 7) is 1.34. The zero-order valence-corrected chi connectivity index (χ0v) is 11.8. The first-order valence-electron chi connectivity index (χ1n) is 5.20. The van der Waals surface area contributed by atoms with Gasteiger partial charge < -0.3 is 16.2 Å². The van der Waals surface area contributed by atoms with Crippen molar-refractivity contribution in [1.82, 2.24) is 0 Å². The normalized spacial score (nSPS) is 9.94. The molecule has 0 amide bonds. The fourth-order valence-corrected chi connectivity index (χ4v) is 2.12. The van der Waals surface area contributed by atoms with Gasteiger partial charge in [0.2, 0.25) is 0 Å². The summed E-state index contributed by atoms with van der Waals surface area (Å²) in [5.41, 5.74) is 10.4. The first kappa shape index (κ1) is 14.2. The number of rotatable bonds is 7. The van der Waals surface area contributed by atoms with Gasteiger partial charge in [-0.15, -0.1) is 0 Å². The quantitative estimate of drug-likeness (QED) is 0.457. The highest BCUT2D eigenvalue weighted by molar-refractivity contribution is 9.10. The Morgan fingerprint density at radius 3 is 2.88 bits per heavy atom. The molecule has 1 aromatic carbocycles. The van der Waals surface area contributed by atoms with Gasteiger partial charge in [0.05, 0.1) is 13.2 Å². The van der Waals surface area contributed by atoms with Gasteiger partial charge in [-0.05, 0) is 18.2 Å². The molecule has 0 spiro atoms. The third-order valence-corrected chi connectivity index (χ3v) is 3.24. The van der Waals surface area contributed by atoms with Crippen LogP contribution in [0.1, 0.15) is 0 Å². The Morgan fingerprint density at radius 2 is 2.18 bits per heavy atom. The molecule has 0 unspecified atom stereocenters. The molecule has 4 N–H and O–H groups in total. The largest absolute Gasteiger partial charge is 0.493 e. The maximum absolute atomic E-state index is 5.58. The van der Waals surface area contributed by atoms with Crippen molar-refractivity contribution in [2.45, 2.75) is 0 Å². The predicted octanol–water partition coefficient (Wildman–Crippen LogP) is 1.83. The molecule has 0 aliphatic heterocycles. The lowest BCUT2D eigenvalue weighted by Crippen LogP contribution is -2.23. The zero-order valence-electron chi connectivity index (χ0n) is 9.43. The molecule has 0 aromatic heterocycles. The Kier molecular flexibility index (Phi) is 6.88. The summed E-state index contributed by atoms with van der Waals surface area (Å²) in [6, 6.07) is 7.81. The molecule has 1 aromatic rings. The van der Waals surface area contributed by atoms with Gasteiger partial charge in [-0.25, -0.2) is 0 Å². The highest BCUT2D eigenvalue weighted by Crippen LogP contribution is 2.17. The fourth-order valence-electron chi connectivity index (χ4n) is 1.12. The topological polar surface area (TPSA) is 73.6 Å². The maximum atomic E-state index is 5.58. The number of nitrogens with two attached hydrogens (primary N) is 2. The van der Waals surface area contributed by atoms with Gasteiger partial charge in [0.1, 0.15) is 5.75 Å². The lowest BCUT2D eigenvalue weighted by Gasteiger charge is -2.05. The minimum Gasteiger partial charge on any atom is -0.493 e. The molecule has 94 valence electrons. The average molecular weight is 318 g/mol. The second kappa shape index (κ2) is 8.25. The minimum atomic E-state index is 0.149. The second-order valence-corrected chi connectivity index (χ2v) is 5.37. The van der Waals surface area contributed by atoms with E-state index in [1.807, 2.05) is 24.3 Å². The lowest BCUT2D eigenvalue weighted by molar-refractivity contribution is 0.344. The molecule has 0 aliphatic carbocycles. The van der Waals surface area contributed by atoms with Crippen LogP contribution in [0.2, 0.25) is 0 Å². The van der Waals surface area contributed by atoms with Gasteiger partial charge in [0.15, 0.2) is 5.96 Å². The standard InChI is InChI=1S/C11H16BrN3OS/c12-9-2-1-3-10(8-9)16-5-7-17-6-4-15-11(13)14/h1-3,8H,4-7H2,(H4,13,14,15). The lowest BCUT2D eigenvalue weighted by atomic mass is 10.3. The molecular weight excluding hydrogens is 302 g/mol. The number of thioether (sulfide) groups is 1. The summed E-state index contributed by atoms with van der Waals surface area (Å²) in [5, 5.41) is 0. The van der Waals surface area contributed by atoms with Gasteiger partial charge in [-0.2, -0.15) is 11.8 Å². The highest BCUT2D eigenvalue weighted by Gasteiger charge is 1.95. The number of hydrogen-bond acceptors (Lipinski definition) is 3. The Bertz CT molecular complexity index is 369. The number of nitrogens with zero attached hydrogens (tertiary/aromatic N) is 1. The van der Waals surface area contributed by atoms with Crippen LogP contribution in [0.3, 0.4) is 0 Å². The molecule has 1 rings (SSSR count). The van der Waals surface area contributed by atoms with E-state index < -0.39 is 0 Å². The first-order valence-corrected chi connectivity index (χ1v) is 7.15. The number of benzene rings is 1. The van der Waals surface area contributed by atoms with Crippen LogP contribution in [0.4, 0.5) is 0 Å². The number of halogens is 1. The van der Waals surface area contributed by atoms with E-state index in [1.54, 1.807) is 11.8 Å². The SMILES string of the molecule is NC(N)=NCCSCCOc1cccc(Br)c1. The van der Waals surface area contributed by atoms with E-state index >= 15 is 0 Å². The van der Waals surface area contributed by atoms with Gasteiger partial charge in [-0.1, -0.05) is 22.0 Å². The monoisotopic (exact) mass is 317 g/mol. The average Bonchev–Trinajstić information content (AvgIpc) is 2.27. The summed E-state index contributed by atoms with van der Waals surface area (Å²) in [5.74, 6) is 2.85. The number of hydrogen-bond donors (Lipinski definition) is 2. The van der Waals surface area contributed by atoms with Crippen LogP contribution >= 0.6 is 27.7 Å². The van der Waals surface area contributed by atoms with Crippen molar-refractivity contribution in [3.63, 3.8) is 0 Å². The Balaban J connectivity index is 2.07. The number of ether oxygens (including phenoxy) is 1. The summed E-state index contributed by atoms with van der Waals surface area (Å²) >= 11 is 5.16. The summed E-state index contributed by atoms with van der Waals surface area (Å²) < 4.78 is 6.60. The molecule has 6 heteroatoms.